The molecular formula is C8H18N2O2S. The molecule has 1 unspecified atom stereocenters. The van der Waals surface area contributed by atoms with Crippen LogP contribution in [0, 0.1) is 0 Å². The van der Waals surface area contributed by atoms with Crippen molar-refractivity contribution < 1.29 is 9.78 Å². The van der Waals surface area contributed by atoms with Gasteiger partial charge in [-0.15, -0.1) is 0 Å². The highest BCUT2D eigenvalue weighted by Gasteiger charge is 2.14. The second-order valence-electron chi connectivity index (χ2n) is 3.84. The number of hydrogen-bond donors (Lipinski definition) is 2. The third kappa shape index (κ3) is 9.69. The lowest BCUT2D eigenvalue weighted by Crippen LogP contribution is -2.30. The van der Waals surface area contributed by atoms with Crippen LogP contribution in [0.5, 0.6) is 0 Å². The van der Waals surface area contributed by atoms with E-state index in [1.165, 1.54) is 0 Å². The quantitative estimate of drug-likeness (QED) is 0.305. The Hall–Kier alpha value is -0.230. The maximum absolute atomic E-state index is 5.57. The highest BCUT2D eigenvalue weighted by molar-refractivity contribution is 7.80. The maximum atomic E-state index is 5.57. The summed E-state index contributed by atoms with van der Waals surface area (Å²) >= 11 is 4.70. The van der Waals surface area contributed by atoms with Crippen LogP contribution in [0.1, 0.15) is 33.6 Å². The van der Waals surface area contributed by atoms with Gasteiger partial charge in [0.15, 0.2) is 0 Å². The first-order chi connectivity index (χ1) is 5.81. The fourth-order valence-electron chi connectivity index (χ4n) is 0.539. The van der Waals surface area contributed by atoms with Gasteiger partial charge in [-0.3, -0.25) is 0 Å². The largest absolute Gasteiger partial charge is 0.393 e. The lowest BCUT2D eigenvalue weighted by Gasteiger charge is -2.20. The smallest absolute Gasteiger partial charge is 0.141 e. The molecule has 13 heavy (non-hydrogen) atoms. The first kappa shape index (κ1) is 12.8. The molecule has 0 fully saturated rings. The van der Waals surface area contributed by atoms with Crippen molar-refractivity contribution in [1.82, 2.24) is 0 Å². The Labute approximate surface area is 84.5 Å². The Bertz CT molecular complexity index is 168. The van der Waals surface area contributed by atoms with Crippen molar-refractivity contribution in [3.63, 3.8) is 0 Å². The van der Waals surface area contributed by atoms with Crippen LogP contribution >= 0.6 is 12.2 Å². The Balaban J connectivity index is 3.52. The Morgan fingerprint density at radius 3 is 2.38 bits per heavy atom. The molecule has 0 saturated heterocycles. The molecule has 0 bridgehead atoms. The molecule has 5 heteroatoms. The van der Waals surface area contributed by atoms with Crippen LogP contribution < -0.4 is 11.5 Å². The molecule has 0 aromatic rings. The van der Waals surface area contributed by atoms with E-state index in [0.29, 0.717) is 17.8 Å². The van der Waals surface area contributed by atoms with Gasteiger partial charge in [-0.25, -0.2) is 9.78 Å². The monoisotopic (exact) mass is 206 g/mol. The number of hydrogen-bond acceptors (Lipinski definition) is 4. The molecule has 78 valence electrons. The molecule has 1 atom stereocenters. The fourth-order valence-corrected chi connectivity index (χ4v) is 0.657. The molecule has 0 saturated carbocycles. The van der Waals surface area contributed by atoms with E-state index in [0.717, 1.165) is 0 Å². The molecule has 0 aliphatic rings. The van der Waals surface area contributed by atoms with Crippen molar-refractivity contribution in [1.29, 1.82) is 0 Å². The number of thiocarbonyl (C=S) groups is 1. The van der Waals surface area contributed by atoms with Crippen LogP contribution in [0.4, 0.5) is 0 Å². The molecule has 0 rings (SSSR count). The maximum Gasteiger partial charge on any atom is 0.141 e. The summed E-state index contributed by atoms with van der Waals surface area (Å²) in [5.74, 6) is 0. The average molecular weight is 206 g/mol. The Kier molecular flexibility index (Phi) is 5.39. The van der Waals surface area contributed by atoms with Gasteiger partial charge >= 0.3 is 0 Å². The summed E-state index contributed by atoms with van der Waals surface area (Å²) in [6.45, 7) is 5.65. The van der Waals surface area contributed by atoms with Crippen LogP contribution in [0.25, 0.3) is 0 Å². The Morgan fingerprint density at radius 2 is 2.00 bits per heavy atom. The standard InChI is InChI=1S/C8H18N2O2S/c1-8(2,3)12-11-6(9)4-5-7(10)13/h6H,4-5,9H2,1-3H3,(H2,10,13). The molecular weight excluding hydrogens is 188 g/mol. The topological polar surface area (TPSA) is 70.5 Å². The first-order valence-corrected chi connectivity index (χ1v) is 4.60. The van der Waals surface area contributed by atoms with E-state index in [2.05, 4.69) is 0 Å². The Morgan fingerprint density at radius 1 is 1.46 bits per heavy atom. The van der Waals surface area contributed by atoms with E-state index in [-0.39, 0.29) is 5.60 Å². The van der Waals surface area contributed by atoms with Crippen molar-refractivity contribution in [3.05, 3.63) is 0 Å². The fraction of sp³-hybridized carbons (Fsp3) is 0.875. The van der Waals surface area contributed by atoms with Gasteiger partial charge in [-0.2, -0.15) is 0 Å². The van der Waals surface area contributed by atoms with Crippen molar-refractivity contribution in [2.24, 2.45) is 11.5 Å². The second-order valence-corrected chi connectivity index (χ2v) is 4.36. The van der Waals surface area contributed by atoms with Crippen LogP contribution in [-0.2, 0) is 9.78 Å². The summed E-state index contributed by atoms with van der Waals surface area (Å²) in [4.78, 5) is 10.4. The molecule has 0 aliphatic carbocycles. The third-order valence-electron chi connectivity index (χ3n) is 1.10. The SMILES string of the molecule is CC(C)(C)OOC(N)CCC(N)=S. The van der Waals surface area contributed by atoms with Gasteiger partial charge in [0.1, 0.15) is 6.23 Å². The molecule has 0 aromatic carbocycles. The van der Waals surface area contributed by atoms with Crippen LogP contribution in [-0.4, -0.2) is 16.8 Å². The summed E-state index contributed by atoms with van der Waals surface area (Å²) in [6.07, 6.45) is 0.677. The molecule has 0 aromatic heterocycles. The van der Waals surface area contributed by atoms with E-state index in [9.17, 15) is 0 Å². The predicted molar refractivity (Wildman–Crippen MR) is 55.9 cm³/mol. The lowest BCUT2D eigenvalue weighted by molar-refractivity contribution is -0.372. The van der Waals surface area contributed by atoms with Gasteiger partial charge in [-0.1, -0.05) is 12.2 Å². The molecule has 4 nitrogen and oxygen atoms in total. The first-order valence-electron chi connectivity index (χ1n) is 4.19. The molecule has 0 heterocycles. The number of nitrogens with two attached hydrogens (primary N) is 2. The predicted octanol–water partition coefficient (Wildman–Crippen LogP) is 1.08. The lowest BCUT2D eigenvalue weighted by atomic mass is 10.2. The van der Waals surface area contributed by atoms with E-state index in [4.69, 9.17) is 33.5 Å². The summed E-state index contributed by atoms with van der Waals surface area (Å²) in [5.41, 5.74) is 10.5. The minimum Gasteiger partial charge on any atom is -0.393 e. The third-order valence-corrected chi connectivity index (χ3v) is 1.30. The summed E-state index contributed by atoms with van der Waals surface area (Å²) in [7, 11) is 0. The van der Waals surface area contributed by atoms with Crippen LogP contribution in [0.2, 0.25) is 0 Å². The van der Waals surface area contributed by atoms with E-state index in [1.807, 2.05) is 20.8 Å². The van der Waals surface area contributed by atoms with Crippen molar-refractivity contribution >= 4 is 17.2 Å². The van der Waals surface area contributed by atoms with E-state index in [1.54, 1.807) is 0 Å². The second kappa shape index (κ2) is 5.49. The van der Waals surface area contributed by atoms with Gasteiger partial charge < -0.3 is 11.5 Å². The highest BCUT2D eigenvalue weighted by Crippen LogP contribution is 2.09. The molecule has 0 spiro atoms. The summed E-state index contributed by atoms with van der Waals surface area (Å²) in [5, 5.41) is 0. The number of rotatable bonds is 5. The molecule has 4 N–H and O–H groups in total. The molecule has 0 radical (unpaired) electrons. The van der Waals surface area contributed by atoms with Crippen LogP contribution in [0.15, 0.2) is 0 Å². The van der Waals surface area contributed by atoms with E-state index < -0.39 is 6.23 Å². The minimum absolute atomic E-state index is 0.346. The van der Waals surface area contributed by atoms with Crippen molar-refractivity contribution in [3.8, 4) is 0 Å². The average Bonchev–Trinajstić information content (AvgIpc) is 1.95. The molecule has 0 amide bonds. The van der Waals surface area contributed by atoms with Crippen molar-refractivity contribution in [2.75, 3.05) is 0 Å². The van der Waals surface area contributed by atoms with Crippen LogP contribution in [0.3, 0.4) is 0 Å². The zero-order chi connectivity index (χ0) is 10.5. The minimum atomic E-state index is -0.472. The summed E-state index contributed by atoms with van der Waals surface area (Å²) < 4.78 is 0. The van der Waals surface area contributed by atoms with Gasteiger partial charge in [0.2, 0.25) is 0 Å². The zero-order valence-corrected chi connectivity index (χ0v) is 9.19. The van der Waals surface area contributed by atoms with E-state index >= 15 is 0 Å². The highest BCUT2D eigenvalue weighted by atomic mass is 32.1. The zero-order valence-electron chi connectivity index (χ0n) is 8.37. The van der Waals surface area contributed by atoms with Gasteiger partial charge in [0.25, 0.3) is 0 Å². The van der Waals surface area contributed by atoms with Gasteiger partial charge in [-0.05, 0) is 27.2 Å². The van der Waals surface area contributed by atoms with Gasteiger partial charge in [0, 0.05) is 6.42 Å². The van der Waals surface area contributed by atoms with Crippen molar-refractivity contribution in [2.45, 2.75) is 45.4 Å². The van der Waals surface area contributed by atoms with Gasteiger partial charge in [0.05, 0.1) is 10.6 Å². The normalized spacial score (nSPS) is 14.2. The molecule has 0 aliphatic heterocycles. The summed E-state index contributed by atoms with van der Waals surface area (Å²) in [6, 6.07) is 0.